The van der Waals surface area contributed by atoms with E-state index < -0.39 is 5.91 Å². The van der Waals surface area contributed by atoms with Crippen LogP contribution in [0.3, 0.4) is 0 Å². The van der Waals surface area contributed by atoms with Gasteiger partial charge in [0.25, 0.3) is 5.91 Å². The molecule has 2 heterocycles. The van der Waals surface area contributed by atoms with Crippen molar-refractivity contribution in [3.63, 3.8) is 0 Å². The summed E-state index contributed by atoms with van der Waals surface area (Å²) in [6.07, 6.45) is 5.16. The summed E-state index contributed by atoms with van der Waals surface area (Å²) in [7, 11) is 0. The maximum atomic E-state index is 11.5. The summed E-state index contributed by atoms with van der Waals surface area (Å²) in [5.74, 6) is -0.225. The molecule has 3 aromatic rings. The van der Waals surface area contributed by atoms with E-state index in [1.807, 2.05) is 6.07 Å². The fourth-order valence-electron chi connectivity index (χ4n) is 3.35. The lowest BCUT2D eigenvalue weighted by Gasteiger charge is -2.29. The number of nitrogens with one attached hydrogen (secondary N) is 1. The first kappa shape index (κ1) is 19.2. The van der Waals surface area contributed by atoms with Crippen LogP contribution in [0.1, 0.15) is 36.0 Å². The predicted octanol–water partition coefficient (Wildman–Crippen LogP) is 4.90. The third-order valence-corrected chi connectivity index (χ3v) is 6.17. The van der Waals surface area contributed by atoms with Crippen molar-refractivity contribution in [2.24, 2.45) is 5.73 Å². The summed E-state index contributed by atoms with van der Waals surface area (Å²) in [4.78, 5) is 20.2. The number of amides is 1. The minimum absolute atomic E-state index is 0.00895. The number of ether oxygens (including phenoxy) is 1. The highest BCUT2D eigenvalue weighted by Crippen LogP contribution is 2.35. The van der Waals surface area contributed by atoms with Crippen LogP contribution in [0.4, 0.5) is 5.13 Å². The molecule has 28 heavy (non-hydrogen) atoms. The summed E-state index contributed by atoms with van der Waals surface area (Å²) in [6.45, 7) is 0. The Hall–Kier alpha value is -2.09. The van der Waals surface area contributed by atoms with Gasteiger partial charge in [0.2, 0.25) is 5.88 Å². The lowest BCUT2D eigenvalue weighted by atomic mass is 9.93. The smallest absolute Gasteiger partial charge is 0.254 e. The summed E-state index contributed by atoms with van der Waals surface area (Å²) < 4.78 is 6.90. The molecule has 146 valence electrons. The van der Waals surface area contributed by atoms with Crippen molar-refractivity contribution in [1.29, 1.82) is 0 Å². The molecule has 0 bridgehead atoms. The zero-order valence-corrected chi connectivity index (χ0v) is 17.2. The monoisotopic (exact) mass is 436 g/mol. The molecular formula is C19H18Cl2N4O2S. The second-order valence-electron chi connectivity index (χ2n) is 6.71. The van der Waals surface area contributed by atoms with Gasteiger partial charge in [-0.05, 0) is 49.9 Å². The number of aromatic nitrogens is 2. The normalized spacial score (nSPS) is 19.5. The van der Waals surface area contributed by atoms with E-state index in [1.165, 1.54) is 0 Å². The number of thiazole rings is 1. The van der Waals surface area contributed by atoms with Gasteiger partial charge in [-0.2, -0.15) is 0 Å². The van der Waals surface area contributed by atoms with Gasteiger partial charge in [0.05, 0.1) is 9.72 Å². The maximum absolute atomic E-state index is 11.5. The average Bonchev–Trinajstić information content (AvgIpc) is 3.06. The van der Waals surface area contributed by atoms with E-state index in [9.17, 15) is 4.79 Å². The number of halogens is 2. The number of anilines is 1. The van der Waals surface area contributed by atoms with Gasteiger partial charge in [0, 0.05) is 17.3 Å². The standard InChI is InChI=1S/C19H18Cl2N4O2S/c20-10-8-14(21)16-15(9-10)28-19(25-16)24-11-3-5-12(6-4-11)27-18-13(17(22)26)2-1-7-23-18/h1-2,7-9,11-12H,3-6H2,(H2,22,26)(H,24,25)/t11-,12-. The Kier molecular flexibility index (Phi) is 5.57. The molecule has 0 atom stereocenters. The van der Waals surface area contributed by atoms with Crippen LogP contribution in [0, 0.1) is 0 Å². The first-order chi connectivity index (χ1) is 13.5. The number of benzene rings is 1. The summed E-state index contributed by atoms with van der Waals surface area (Å²) in [5.41, 5.74) is 6.47. The number of primary amides is 1. The summed E-state index contributed by atoms with van der Waals surface area (Å²) in [5, 5.41) is 5.50. The van der Waals surface area contributed by atoms with E-state index in [1.54, 1.807) is 35.7 Å². The van der Waals surface area contributed by atoms with E-state index in [2.05, 4.69) is 15.3 Å². The van der Waals surface area contributed by atoms with Crippen molar-refractivity contribution >= 4 is 55.8 Å². The second kappa shape index (κ2) is 8.11. The molecule has 1 saturated carbocycles. The Morgan fingerprint density at radius 2 is 2.04 bits per heavy atom. The quantitative estimate of drug-likeness (QED) is 0.593. The topological polar surface area (TPSA) is 90.1 Å². The van der Waals surface area contributed by atoms with Crippen LogP contribution >= 0.6 is 34.5 Å². The fourth-order valence-corrected chi connectivity index (χ4v) is 5.01. The molecule has 9 heteroatoms. The molecule has 6 nitrogen and oxygen atoms in total. The number of fused-ring (bicyclic) bond motifs is 1. The lowest BCUT2D eigenvalue weighted by molar-refractivity contribution is 0.0983. The molecule has 1 fully saturated rings. The van der Waals surface area contributed by atoms with E-state index in [4.69, 9.17) is 33.7 Å². The first-order valence-electron chi connectivity index (χ1n) is 8.93. The molecule has 1 aliphatic rings. The third kappa shape index (κ3) is 4.16. The van der Waals surface area contributed by atoms with Crippen LogP contribution in [-0.2, 0) is 0 Å². The van der Waals surface area contributed by atoms with Crippen LogP contribution in [-0.4, -0.2) is 28.0 Å². The maximum Gasteiger partial charge on any atom is 0.254 e. The third-order valence-electron chi connectivity index (χ3n) is 4.73. The molecule has 2 aromatic heterocycles. The Balaban J connectivity index is 1.37. The highest BCUT2D eigenvalue weighted by Gasteiger charge is 2.25. The number of hydrogen-bond acceptors (Lipinski definition) is 6. The van der Waals surface area contributed by atoms with Crippen molar-refractivity contribution in [1.82, 2.24) is 9.97 Å². The van der Waals surface area contributed by atoms with Gasteiger partial charge >= 0.3 is 0 Å². The van der Waals surface area contributed by atoms with Crippen LogP contribution < -0.4 is 15.8 Å². The number of rotatable bonds is 5. The molecule has 4 rings (SSSR count). The van der Waals surface area contributed by atoms with Crippen molar-refractivity contribution in [2.45, 2.75) is 37.8 Å². The van der Waals surface area contributed by atoms with Gasteiger partial charge < -0.3 is 15.8 Å². The molecular weight excluding hydrogens is 419 g/mol. The zero-order chi connectivity index (χ0) is 19.7. The molecule has 1 amide bonds. The molecule has 0 unspecified atom stereocenters. The Morgan fingerprint density at radius 3 is 2.79 bits per heavy atom. The zero-order valence-electron chi connectivity index (χ0n) is 14.8. The number of carbonyl (C=O) groups is 1. The Morgan fingerprint density at radius 1 is 1.25 bits per heavy atom. The fraction of sp³-hybridized carbons (Fsp3) is 0.316. The highest BCUT2D eigenvalue weighted by molar-refractivity contribution is 7.22. The van der Waals surface area contributed by atoms with E-state index in [-0.39, 0.29) is 6.10 Å². The van der Waals surface area contributed by atoms with Crippen molar-refractivity contribution in [3.8, 4) is 5.88 Å². The second-order valence-corrected chi connectivity index (χ2v) is 8.58. The highest BCUT2D eigenvalue weighted by atomic mass is 35.5. The number of carbonyl (C=O) groups excluding carboxylic acids is 1. The van der Waals surface area contributed by atoms with E-state index >= 15 is 0 Å². The molecule has 0 saturated heterocycles. The first-order valence-corrected chi connectivity index (χ1v) is 10.5. The van der Waals surface area contributed by atoms with Gasteiger partial charge in [-0.25, -0.2) is 9.97 Å². The number of hydrogen-bond donors (Lipinski definition) is 2. The molecule has 0 aliphatic heterocycles. The Labute approximate surface area is 176 Å². The van der Waals surface area contributed by atoms with Gasteiger partial charge in [-0.3, -0.25) is 4.79 Å². The summed E-state index contributed by atoms with van der Waals surface area (Å²) in [6, 6.07) is 7.18. The van der Waals surface area contributed by atoms with Crippen LogP contribution in [0.25, 0.3) is 10.2 Å². The molecule has 1 aromatic carbocycles. The summed E-state index contributed by atoms with van der Waals surface area (Å²) >= 11 is 13.8. The van der Waals surface area contributed by atoms with Crippen LogP contribution in [0.5, 0.6) is 5.88 Å². The van der Waals surface area contributed by atoms with Crippen LogP contribution in [0.2, 0.25) is 10.0 Å². The number of nitrogens with two attached hydrogens (primary N) is 1. The molecule has 3 N–H and O–H groups in total. The van der Waals surface area contributed by atoms with Gasteiger partial charge in [-0.1, -0.05) is 34.5 Å². The SMILES string of the molecule is NC(=O)c1cccnc1O[C@H]1CC[C@H](Nc2nc3c(Cl)cc(Cl)cc3s2)CC1. The number of nitrogens with zero attached hydrogens (tertiary/aromatic N) is 2. The minimum Gasteiger partial charge on any atom is -0.474 e. The van der Waals surface area contributed by atoms with Gasteiger partial charge in [0.15, 0.2) is 5.13 Å². The van der Waals surface area contributed by atoms with E-state index in [0.29, 0.717) is 27.5 Å². The van der Waals surface area contributed by atoms with Crippen LogP contribution in [0.15, 0.2) is 30.5 Å². The van der Waals surface area contributed by atoms with Crippen molar-refractivity contribution in [3.05, 3.63) is 46.1 Å². The molecule has 1 aliphatic carbocycles. The van der Waals surface area contributed by atoms with Gasteiger partial charge in [-0.15, -0.1) is 0 Å². The van der Waals surface area contributed by atoms with Crippen molar-refractivity contribution < 1.29 is 9.53 Å². The molecule has 0 spiro atoms. The Bertz CT molecular complexity index is 1020. The number of pyridine rings is 1. The minimum atomic E-state index is -0.534. The average molecular weight is 437 g/mol. The lowest BCUT2D eigenvalue weighted by Crippen LogP contribution is -2.31. The predicted molar refractivity (Wildman–Crippen MR) is 113 cm³/mol. The van der Waals surface area contributed by atoms with Gasteiger partial charge in [0.1, 0.15) is 17.2 Å². The van der Waals surface area contributed by atoms with Crippen molar-refractivity contribution in [2.75, 3.05) is 5.32 Å². The largest absolute Gasteiger partial charge is 0.474 e. The molecule has 0 radical (unpaired) electrons. The van der Waals surface area contributed by atoms with E-state index in [0.717, 1.165) is 41.0 Å².